The second kappa shape index (κ2) is 5.30. The van der Waals surface area contributed by atoms with Crippen molar-refractivity contribution in [3.05, 3.63) is 0 Å². The summed E-state index contributed by atoms with van der Waals surface area (Å²) in [4.78, 5) is 24.0. The number of amides is 1. The molecule has 0 spiro atoms. The van der Waals surface area contributed by atoms with Crippen LogP contribution in [0.2, 0.25) is 0 Å². The number of hydrogen-bond acceptors (Lipinski definition) is 3. The fraction of sp³-hybridized carbons (Fsp3) is 0.818. The summed E-state index contributed by atoms with van der Waals surface area (Å²) in [5.74, 6) is -1.05. The van der Waals surface area contributed by atoms with Gasteiger partial charge in [0.15, 0.2) is 0 Å². The number of rotatable bonds is 5. The maximum atomic E-state index is 11.3. The summed E-state index contributed by atoms with van der Waals surface area (Å²) in [5.41, 5.74) is 4.53. The molecule has 1 amide bonds. The molecule has 1 aliphatic rings. The van der Waals surface area contributed by atoms with E-state index in [4.69, 9.17) is 5.73 Å². The Hall–Kier alpha value is -1.10. The van der Waals surface area contributed by atoms with Crippen LogP contribution in [0.25, 0.3) is 0 Å². The quantitative estimate of drug-likeness (QED) is 0.715. The second-order valence-corrected chi connectivity index (χ2v) is 4.58. The molecule has 0 radical (unpaired) electrons. The van der Waals surface area contributed by atoms with Gasteiger partial charge in [0.2, 0.25) is 5.91 Å². The number of aliphatic carboxylic acids is 1. The van der Waals surface area contributed by atoms with Crippen LogP contribution in [0.1, 0.15) is 32.6 Å². The molecule has 0 aromatic rings. The monoisotopic (exact) mass is 228 g/mol. The van der Waals surface area contributed by atoms with E-state index in [1.54, 1.807) is 0 Å². The van der Waals surface area contributed by atoms with Crippen molar-refractivity contribution in [3.63, 3.8) is 0 Å². The van der Waals surface area contributed by atoms with Crippen molar-refractivity contribution >= 4 is 11.9 Å². The molecule has 1 heterocycles. The molecule has 0 bridgehead atoms. The van der Waals surface area contributed by atoms with Crippen molar-refractivity contribution in [1.29, 1.82) is 0 Å². The first-order valence-corrected chi connectivity index (χ1v) is 5.74. The zero-order valence-corrected chi connectivity index (χ0v) is 9.74. The minimum Gasteiger partial charge on any atom is -0.481 e. The van der Waals surface area contributed by atoms with Gasteiger partial charge in [-0.1, -0.05) is 13.3 Å². The van der Waals surface area contributed by atoms with Gasteiger partial charge in [-0.2, -0.15) is 0 Å². The van der Waals surface area contributed by atoms with Crippen LogP contribution >= 0.6 is 0 Å². The third-order valence-corrected chi connectivity index (χ3v) is 3.37. The fourth-order valence-electron chi connectivity index (χ4n) is 2.41. The van der Waals surface area contributed by atoms with Crippen molar-refractivity contribution < 1.29 is 14.7 Å². The minimum atomic E-state index is -0.701. The maximum Gasteiger partial charge on any atom is 0.309 e. The number of carbonyl (C=O) groups excluding carboxylic acids is 1. The van der Waals surface area contributed by atoms with Gasteiger partial charge in [0, 0.05) is 0 Å². The predicted molar refractivity (Wildman–Crippen MR) is 59.8 cm³/mol. The van der Waals surface area contributed by atoms with Gasteiger partial charge in [0.1, 0.15) is 0 Å². The van der Waals surface area contributed by atoms with Crippen molar-refractivity contribution in [3.8, 4) is 0 Å². The molecule has 1 rings (SSSR count). The number of carboxylic acid groups (broad SMARTS) is 1. The van der Waals surface area contributed by atoms with E-state index >= 15 is 0 Å². The van der Waals surface area contributed by atoms with Crippen LogP contribution in [0.5, 0.6) is 0 Å². The number of nitrogens with zero attached hydrogens (tertiary/aromatic N) is 1. The normalized spacial score (nSPS) is 20.6. The number of hydrogen-bond donors (Lipinski definition) is 2. The van der Waals surface area contributed by atoms with Crippen molar-refractivity contribution in [2.45, 2.75) is 32.6 Å². The summed E-state index contributed by atoms with van der Waals surface area (Å²) in [6, 6.07) is 0. The average molecular weight is 228 g/mol. The molecule has 1 aliphatic heterocycles. The summed E-state index contributed by atoms with van der Waals surface area (Å²) in [5, 5.41) is 9.28. The molecule has 1 saturated heterocycles. The van der Waals surface area contributed by atoms with Crippen LogP contribution in [0, 0.1) is 5.41 Å². The molecular weight excluding hydrogens is 208 g/mol. The zero-order chi connectivity index (χ0) is 12.2. The molecule has 92 valence electrons. The first-order valence-electron chi connectivity index (χ1n) is 5.74. The third kappa shape index (κ3) is 2.95. The van der Waals surface area contributed by atoms with Gasteiger partial charge < -0.3 is 10.8 Å². The molecule has 0 aromatic carbocycles. The number of carboxylic acids is 1. The van der Waals surface area contributed by atoms with E-state index in [-0.39, 0.29) is 12.5 Å². The highest BCUT2D eigenvalue weighted by Gasteiger charge is 2.40. The highest BCUT2D eigenvalue weighted by atomic mass is 16.4. The first-order chi connectivity index (χ1) is 7.50. The number of piperidine rings is 1. The van der Waals surface area contributed by atoms with Gasteiger partial charge >= 0.3 is 5.97 Å². The Balaban J connectivity index is 2.56. The SMILES string of the molecule is CCCC1(C(=O)O)CCN(CC(N)=O)CC1. The Kier molecular flexibility index (Phi) is 4.29. The minimum absolute atomic E-state index is 0.238. The smallest absolute Gasteiger partial charge is 0.309 e. The van der Waals surface area contributed by atoms with Crippen LogP contribution in [-0.4, -0.2) is 41.5 Å². The molecule has 0 aliphatic carbocycles. The standard InChI is InChI=1S/C11H20N2O3/c1-2-3-11(10(15)16)4-6-13(7-5-11)8-9(12)14/h2-8H2,1H3,(H2,12,14)(H,15,16). The van der Waals surface area contributed by atoms with Crippen molar-refractivity contribution in [2.24, 2.45) is 11.1 Å². The summed E-state index contributed by atoms with van der Waals surface area (Å²) in [7, 11) is 0. The molecule has 0 atom stereocenters. The summed E-state index contributed by atoms with van der Waals surface area (Å²) in [6.07, 6.45) is 2.82. The van der Waals surface area contributed by atoms with Crippen LogP contribution in [0.15, 0.2) is 0 Å². The van der Waals surface area contributed by atoms with E-state index in [9.17, 15) is 14.7 Å². The Morgan fingerprint density at radius 1 is 1.38 bits per heavy atom. The molecule has 0 unspecified atom stereocenters. The van der Waals surface area contributed by atoms with E-state index < -0.39 is 11.4 Å². The molecule has 1 fully saturated rings. The lowest BCUT2D eigenvalue weighted by Gasteiger charge is -2.38. The van der Waals surface area contributed by atoms with Gasteiger partial charge in [-0.05, 0) is 32.4 Å². The lowest BCUT2D eigenvalue weighted by atomic mass is 9.75. The second-order valence-electron chi connectivity index (χ2n) is 4.58. The summed E-state index contributed by atoms with van der Waals surface area (Å²) >= 11 is 0. The Morgan fingerprint density at radius 3 is 2.31 bits per heavy atom. The molecule has 0 aromatic heterocycles. The van der Waals surface area contributed by atoms with Crippen LogP contribution < -0.4 is 5.73 Å². The predicted octanol–water partition coefficient (Wildman–Crippen LogP) is 0.439. The van der Waals surface area contributed by atoms with E-state index in [0.717, 1.165) is 6.42 Å². The first kappa shape index (κ1) is 13.0. The molecule has 5 heteroatoms. The number of likely N-dealkylation sites (tertiary alicyclic amines) is 1. The number of nitrogens with two attached hydrogens (primary N) is 1. The van der Waals surface area contributed by atoms with Crippen LogP contribution in [0.3, 0.4) is 0 Å². The van der Waals surface area contributed by atoms with Crippen molar-refractivity contribution in [2.75, 3.05) is 19.6 Å². The van der Waals surface area contributed by atoms with E-state index in [2.05, 4.69) is 0 Å². The number of primary amides is 1. The highest BCUT2D eigenvalue weighted by Crippen LogP contribution is 2.36. The van der Waals surface area contributed by atoms with Gasteiger partial charge in [0.05, 0.1) is 12.0 Å². The topological polar surface area (TPSA) is 83.6 Å². The number of carbonyl (C=O) groups is 2. The lowest BCUT2D eigenvalue weighted by molar-refractivity contribution is -0.152. The zero-order valence-electron chi connectivity index (χ0n) is 9.74. The van der Waals surface area contributed by atoms with Gasteiger partial charge in [-0.15, -0.1) is 0 Å². The van der Waals surface area contributed by atoms with E-state index in [1.165, 1.54) is 0 Å². The molecular formula is C11H20N2O3. The summed E-state index contributed by atoms with van der Waals surface area (Å²) in [6.45, 7) is 3.53. The Labute approximate surface area is 95.6 Å². The maximum absolute atomic E-state index is 11.3. The van der Waals surface area contributed by atoms with E-state index in [1.807, 2.05) is 11.8 Å². The van der Waals surface area contributed by atoms with Gasteiger partial charge in [0.25, 0.3) is 0 Å². The van der Waals surface area contributed by atoms with Crippen LogP contribution in [0.4, 0.5) is 0 Å². The largest absolute Gasteiger partial charge is 0.481 e. The van der Waals surface area contributed by atoms with Gasteiger partial charge in [-0.3, -0.25) is 14.5 Å². The van der Waals surface area contributed by atoms with Crippen LogP contribution in [-0.2, 0) is 9.59 Å². The molecule has 16 heavy (non-hydrogen) atoms. The summed E-state index contributed by atoms with van der Waals surface area (Å²) < 4.78 is 0. The average Bonchev–Trinajstić information content (AvgIpc) is 2.20. The Morgan fingerprint density at radius 2 is 1.94 bits per heavy atom. The lowest BCUT2D eigenvalue weighted by Crippen LogP contribution is -2.46. The van der Waals surface area contributed by atoms with Crippen molar-refractivity contribution in [1.82, 2.24) is 4.90 Å². The third-order valence-electron chi connectivity index (χ3n) is 3.37. The molecule has 5 nitrogen and oxygen atoms in total. The van der Waals surface area contributed by atoms with Gasteiger partial charge in [-0.25, -0.2) is 0 Å². The van der Waals surface area contributed by atoms with E-state index in [0.29, 0.717) is 32.4 Å². The Bertz CT molecular complexity index is 270. The molecule has 3 N–H and O–H groups in total. The molecule has 0 saturated carbocycles. The fourth-order valence-corrected chi connectivity index (χ4v) is 2.41. The highest BCUT2D eigenvalue weighted by molar-refractivity contribution is 5.76.